The first kappa shape index (κ1) is 24.2. The maximum absolute atomic E-state index is 12.7. The maximum atomic E-state index is 12.7. The zero-order valence-electron chi connectivity index (χ0n) is 20.3. The smallest absolute Gasteiger partial charge is 0.222 e. The summed E-state index contributed by atoms with van der Waals surface area (Å²) in [5, 5.41) is 3.62. The number of allylic oxidation sites excluding steroid dienone is 2. The summed E-state index contributed by atoms with van der Waals surface area (Å²) >= 11 is 0. The number of hydrogen-bond donors (Lipinski definition) is 1. The topological polar surface area (TPSA) is 112 Å². The quantitative estimate of drug-likeness (QED) is 0.391. The molecule has 1 aromatic carbocycles. The molecule has 2 aliphatic heterocycles. The average Bonchev–Trinajstić information content (AvgIpc) is 3.59. The van der Waals surface area contributed by atoms with Gasteiger partial charge in [0.15, 0.2) is 17.3 Å². The van der Waals surface area contributed by atoms with Crippen molar-refractivity contribution in [1.29, 1.82) is 0 Å². The average molecular weight is 495 g/mol. The van der Waals surface area contributed by atoms with E-state index in [2.05, 4.69) is 20.2 Å². The van der Waals surface area contributed by atoms with E-state index in [1.165, 1.54) is 31.3 Å². The van der Waals surface area contributed by atoms with E-state index in [-0.39, 0.29) is 29.1 Å². The van der Waals surface area contributed by atoms with Crippen LogP contribution in [0.2, 0.25) is 0 Å². The molecule has 2 aromatic rings. The molecule has 1 N–H and O–H groups in total. The molecule has 3 heterocycles. The van der Waals surface area contributed by atoms with Gasteiger partial charge in [-0.1, -0.05) is 0 Å². The number of likely N-dealkylation sites (tertiary alicyclic amines) is 1. The Kier molecular flexibility index (Phi) is 7.43. The van der Waals surface area contributed by atoms with Gasteiger partial charge < -0.3 is 29.2 Å². The Morgan fingerprint density at radius 1 is 1.11 bits per heavy atom. The largest absolute Gasteiger partial charge is 0.493 e. The number of carbonyl (C=O) groups excluding carboxylic acids is 2. The fourth-order valence-corrected chi connectivity index (χ4v) is 4.56. The summed E-state index contributed by atoms with van der Waals surface area (Å²) in [5.74, 6) is 0.788. The van der Waals surface area contributed by atoms with E-state index in [0.717, 1.165) is 26.1 Å². The van der Waals surface area contributed by atoms with Crippen molar-refractivity contribution >= 4 is 28.3 Å². The van der Waals surface area contributed by atoms with Crippen molar-refractivity contribution in [2.24, 2.45) is 0 Å². The third-order valence-electron chi connectivity index (χ3n) is 6.48. The SMILES string of the molecule is COc1cc2c(NC3=CC(=O)C(OC4CCOC4)=CC3=O)ncnc2cc1OCCCN1CCCC1. The normalized spacial score (nSPS) is 20.4. The number of fused-ring (bicyclic) bond motifs is 1. The molecule has 0 spiro atoms. The number of anilines is 1. The van der Waals surface area contributed by atoms with Crippen LogP contribution in [0.3, 0.4) is 0 Å². The van der Waals surface area contributed by atoms with E-state index >= 15 is 0 Å². The van der Waals surface area contributed by atoms with E-state index in [4.69, 9.17) is 18.9 Å². The van der Waals surface area contributed by atoms with Crippen LogP contribution in [0.25, 0.3) is 10.9 Å². The first-order valence-electron chi connectivity index (χ1n) is 12.3. The molecular weight excluding hydrogens is 464 g/mol. The molecule has 190 valence electrons. The third kappa shape index (κ3) is 5.50. The Morgan fingerprint density at radius 2 is 1.97 bits per heavy atom. The number of aromatic nitrogens is 2. The predicted octanol–water partition coefficient (Wildman–Crippen LogP) is 2.64. The fraction of sp³-hybridized carbons (Fsp3) is 0.462. The van der Waals surface area contributed by atoms with Gasteiger partial charge in [0.1, 0.15) is 18.2 Å². The summed E-state index contributed by atoms with van der Waals surface area (Å²) in [6, 6.07) is 3.57. The molecule has 1 aliphatic carbocycles. The fourth-order valence-electron chi connectivity index (χ4n) is 4.56. The second-order valence-corrected chi connectivity index (χ2v) is 9.02. The van der Waals surface area contributed by atoms with Crippen molar-refractivity contribution in [2.75, 3.05) is 51.9 Å². The van der Waals surface area contributed by atoms with Crippen LogP contribution in [0.1, 0.15) is 25.7 Å². The Balaban J connectivity index is 1.28. The molecule has 3 aliphatic rings. The number of nitrogens with one attached hydrogen (secondary N) is 1. The van der Waals surface area contributed by atoms with Gasteiger partial charge >= 0.3 is 0 Å². The van der Waals surface area contributed by atoms with Gasteiger partial charge in [-0.05, 0) is 38.4 Å². The molecule has 0 saturated carbocycles. The van der Waals surface area contributed by atoms with Crippen LogP contribution >= 0.6 is 0 Å². The van der Waals surface area contributed by atoms with Gasteiger partial charge in [0.05, 0.1) is 38.1 Å². The van der Waals surface area contributed by atoms with Gasteiger partial charge in [0.25, 0.3) is 0 Å². The second-order valence-electron chi connectivity index (χ2n) is 9.02. The molecule has 2 fully saturated rings. The van der Waals surface area contributed by atoms with E-state index < -0.39 is 0 Å². The number of ether oxygens (including phenoxy) is 4. The lowest BCUT2D eigenvalue weighted by Gasteiger charge is -2.18. The van der Waals surface area contributed by atoms with Crippen molar-refractivity contribution in [3.05, 3.63) is 42.1 Å². The molecule has 1 aromatic heterocycles. The van der Waals surface area contributed by atoms with Gasteiger partial charge in [-0.15, -0.1) is 0 Å². The molecule has 10 nitrogen and oxygen atoms in total. The van der Waals surface area contributed by atoms with E-state index in [9.17, 15) is 9.59 Å². The van der Waals surface area contributed by atoms with Gasteiger partial charge in [0, 0.05) is 36.6 Å². The summed E-state index contributed by atoms with van der Waals surface area (Å²) in [6.07, 6.45) is 7.78. The molecule has 5 rings (SSSR count). The minimum absolute atomic E-state index is 0.0294. The molecule has 10 heteroatoms. The lowest BCUT2D eigenvalue weighted by molar-refractivity contribution is -0.118. The van der Waals surface area contributed by atoms with E-state index in [0.29, 0.717) is 54.5 Å². The van der Waals surface area contributed by atoms with Crippen molar-refractivity contribution in [1.82, 2.24) is 14.9 Å². The lowest BCUT2D eigenvalue weighted by Crippen LogP contribution is -2.23. The van der Waals surface area contributed by atoms with Crippen LogP contribution in [0.5, 0.6) is 11.5 Å². The van der Waals surface area contributed by atoms with Crippen LogP contribution in [-0.4, -0.2) is 79.1 Å². The number of methoxy groups -OCH3 is 1. The van der Waals surface area contributed by atoms with E-state index in [1.54, 1.807) is 19.2 Å². The molecule has 2 saturated heterocycles. The predicted molar refractivity (Wildman–Crippen MR) is 132 cm³/mol. The molecular formula is C26H30N4O6. The van der Waals surface area contributed by atoms with Crippen molar-refractivity contribution in [3.8, 4) is 11.5 Å². The van der Waals surface area contributed by atoms with Gasteiger partial charge in [-0.3, -0.25) is 9.59 Å². The second kappa shape index (κ2) is 11.0. The summed E-state index contributed by atoms with van der Waals surface area (Å²) in [6.45, 7) is 4.91. The molecule has 1 unspecified atom stereocenters. The zero-order chi connectivity index (χ0) is 24.9. The van der Waals surface area contributed by atoms with Gasteiger partial charge in [-0.2, -0.15) is 0 Å². The van der Waals surface area contributed by atoms with E-state index in [1.807, 2.05) is 0 Å². The first-order valence-corrected chi connectivity index (χ1v) is 12.3. The van der Waals surface area contributed by atoms with Crippen molar-refractivity contribution in [2.45, 2.75) is 31.8 Å². The highest BCUT2D eigenvalue weighted by molar-refractivity contribution is 6.20. The summed E-state index contributed by atoms with van der Waals surface area (Å²) in [7, 11) is 1.57. The number of nitrogens with zero attached hydrogens (tertiary/aromatic N) is 3. The number of ketones is 2. The summed E-state index contributed by atoms with van der Waals surface area (Å²) < 4.78 is 22.5. The number of hydrogen-bond acceptors (Lipinski definition) is 10. The summed E-state index contributed by atoms with van der Waals surface area (Å²) in [5.41, 5.74) is 0.732. The minimum Gasteiger partial charge on any atom is -0.493 e. The minimum atomic E-state index is -0.385. The number of benzene rings is 1. The highest BCUT2D eigenvalue weighted by Gasteiger charge is 2.26. The van der Waals surface area contributed by atoms with Crippen LogP contribution in [0.4, 0.5) is 5.82 Å². The van der Waals surface area contributed by atoms with Crippen LogP contribution < -0.4 is 14.8 Å². The number of carbonyl (C=O) groups is 2. The van der Waals surface area contributed by atoms with Gasteiger partial charge in [0.2, 0.25) is 11.6 Å². The van der Waals surface area contributed by atoms with Crippen LogP contribution in [0, 0.1) is 0 Å². The van der Waals surface area contributed by atoms with Crippen LogP contribution in [-0.2, 0) is 19.1 Å². The standard InChI is InChI=1S/C26H30N4O6/c1-33-24-11-18-19(13-25(24)35-9-4-8-30-6-2-3-7-30)27-16-28-26(18)29-20-12-22(32)23(14-21(20)31)36-17-5-10-34-15-17/h11-14,16-17H,2-10,15H2,1H3,(H,27,28,29). The molecule has 0 bridgehead atoms. The number of rotatable bonds is 10. The maximum Gasteiger partial charge on any atom is 0.222 e. The van der Waals surface area contributed by atoms with Crippen LogP contribution in [0.15, 0.2) is 42.1 Å². The Bertz CT molecular complexity index is 1200. The van der Waals surface area contributed by atoms with Gasteiger partial charge in [-0.25, -0.2) is 9.97 Å². The highest BCUT2D eigenvalue weighted by Crippen LogP contribution is 2.34. The van der Waals surface area contributed by atoms with Crippen molar-refractivity contribution < 1.29 is 28.5 Å². The summed E-state index contributed by atoms with van der Waals surface area (Å²) in [4.78, 5) is 36.4. The monoisotopic (exact) mass is 494 g/mol. The molecule has 0 amide bonds. The molecule has 0 radical (unpaired) electrons. The first-order chi connectivity index (χ1) is 17.6. The third-order valence-corrected chi connectivity index (χ3v) is 6.48. The molecule has 1 atom stereocenters. The highest BCUT2D eigenvalue weighted by atomic mass is 16.5. The Morgan fingerprint density at radius 3 is 2.75 bits per heavy atom. The van der Waals surface area contributed by atoms with Crippen molar-refractivity contribution in [3.63, 3.8) is 0 Å². The lowest BCUT2D eigenvalue weighted by atomic mass is 10.1. The Labute approximate surface area is 209 Å². The Hall–Kier alpha value is -3.50. The molecule has 36 heavy (non-hydrogen) atoms. The zero-order valence-corrected chi connectivity index (χ0v) is 20.3.